The first kappa shape index (κ1) is 27.3. The molecule has 200 valence electrons. The maximum atomic E-state index is 13.1. The highest BCUT2D eigenvalue weighted by Gasteiger charge is 2.34. The van der Waals surface area contributed by atoms with E-state index in [-0.39, 0.29) is 17.9 Å². The third kappa shape index (κ3) is 6.41. The van der Waals surface area contributed by atoms with Gasteiger partial charge in [0.05, 0.1) is 17.9 Å². The number of nitrogens with one attached hydrogen (secondary N) is 1. The quantitative estimate of drug-likeness (QED) is 0.429. The van der Waals surface area contributed by atoms with Crippen LogP contribution in [0.15, 0.2) is 77.7 Å². The van der Waals surface area contributed by atoms with Gasteiger partial charge in [0.1, 0.15) is 11.8 Å². The number of amides is 1. The molecule has 0 aliphatic carbocycles. The van der Waals surface area contributed by atoms with Gasteiger partial charge in [0, 0.05) is 19.5 Å². The largest absolute Gasteiger partial charge is 0.497 e. The van der Waals surface area contributed by atoms with Crippen LogP contribution in [0, 0.1) is 12.8 Å². The molecule has 2 atom stereocenters. The van der Waals surface area contributed by atoms with Crippen LogP contribution in [-0.2, 0) is 26.0 Å². The van der Waals surface area contributed by atoms with E-state index < -0.39 is 33.9 Å². The second-order valence-electron chi connectivity index (χ2n) is 9.54. The Kier molecular flexibility index (Phi) is 8.48. The molecule has 0 bridgehead atoms. The number of rotatable bonds is 9. The molecule has 0 radical (unpaired) electrons. The second-order valence-corrected chi connectivity index (χ2v) is 11.5. The highest BCUT2D eigenvalue weighted by Crippen LogP contribution is 2.25. The number of hydrogen-bond donors (Lipinski definition) is 2. The highest BCUT2D eigenvalue weighted by atomic mass is 32.2. The van der Waals surface area contributed by atoms with Gasteiger partial charge in [0.2, 0.25) is 15.9 Å². The van der Waals surface area contributed by atoms with Crippen molar-refractivity contribution < 1.29 is 27.9 Å². The number of hydrogen-bond acceptors (Lipinski definition) is 5. The SMILES string of the molecule is COc1ccc(-c2ccc(C[C@H](NC(=O)C3CCCN(S(=O)(=O)c4ccc(C)cc4)C3)C(=O)O)cc2)cc1. The lowest BCUT2D eigenvalue weighted by atomic mass is 9.97. The van der Waals surface area contributed by atoms with Crippen LogP contribution in [0.5, 0.6) is 5.75 Å². The number of methoxy groups -OCH3 is 1. The Bertz CT molecular complexity index is 1370. The minimum atomic E-state index is -3.74. The van der Waals surface area contributed by atoms with Crippen molar-refractivity contribution >= 4 is 21.9 Å². The highest BCUT2D eigenvalue weighted by molar-refractivity contribution is 7.89. The van der Waals surface area contributed by atoms with Gasteiger partial charge < -0.3 is 15.2 Å². The minimum Gasteiger partial charge on any atom is -0.497 e. The molecule has 8 nitrogen and oxygen atoms in total. The number of ether oxygens (including phenoxy) is 1. The number of nitrogens with zero attached hydrogens (tertiary/aromatic N) is 1. The maximum Gasteiger partial charge on any atom is 0.326 e. The number of carboxylic acids is 1. The van der Waals surface area contributed by atoms with E-state index in [4.69, 9.17) is 4.74 Å². The molecule has 0 saturated carbocycles. The fourth-order valence-corrected chi connectivity index (χ4v) is 6.10. The van der Waals surface area contributed by atoms with Gasteiger partial charge in [-0.25, -0.2) is 13.2 Å². The molecular formula is C29H32N2O6S. The van der Waals surface area contributed by atoms with Gasteiger partial charge >= 0.3 is 5.97 Å². The molecule has 1 aliphatic heterocycles. The molecule has 1 amide bonds. The summed E-state index contributed by atoms with van der Waals surface area (Å²) in [6, 6.07) is 20.6. The maximum absolute atomic E-state index is 13.1. The summed E-state index contributed by atoms with van der Waals surface area (Å²) in [5.74, 6) is -1.45. The monoisotopic (exact) mass is 536 g/mol. The third-order valence-corrected chi connectivity index (χ3v) is 8.72. The Morgan fingerprint density at radius 3 is 2.18 bits per heavy atom. The average Bonchev–Trinajstić information content (AvgIpc) is 2.93. The number of aliphatic carboxylic acids is 1. The van der Waals surface area contributed by atoms with E-state index in [2.05, 4.69) is 5.32 Å². The van der Waals surface area contributed by atoms with Crippen molar-refractivity contribution in [1.29, 1.82) is 0 Å². The van der Waals surface area contributed by atoms with E-state index in [1.54, 1.807) is 31.4 Å². The average molecular weight is 537 g/mol. The van der Waals surface area contributed by atoms with E-state index in [0.29, 0.717) is 19.4 Å². The lowest BCUT2D eigenvalue weighted by Gasteiger charge is -2.31. The van der Waals surface area contributed by atoms with Crippen LogP contribution >= 0.6 is 0 Å². The van der Waals surface area contributed by atoms with Crippen LogP contribution in [0.1, 0.15) is 24.0 Å². The van der Waals surface area contributed by atoms with Gasteiger partial charge in [-0.1, -0.05) is 54.1 Å². The van der Waals surface area contributed by atoms with Gasteiger partial charge in [-0.15, -0.1) is 0 Å². The number of carboxylic acid groups (broad SMARTS) is 1. The normalized spacial score (nSPS) is 16.9. The van der Waals surface area contributed by atoms with E-state index in [0.717, 1.165) is 28.0 Å². The summed E-state index contributed by atoms with van der Waals surface area (Å²) in [7, 11) is -2.13. The molecule has 1 fully saturated rings. The van der Waals surface area contributed by atoms with Crippen LogP contribution in [0.25, 0.3) is 11.1 Å². The molecule has 38 heavy (non-hydrogen) atoms. The van der Waals surface area contributed by atoms with Gasteiger partial charge in [0.25, 0.3) is 0 Å². The van der Waals surface area contributed by atoms with E-state index in [9.17, 15) is 23.1 Å². The van der Waals surface area contributed by atoms with Crippen LogP contribution in [0.4, 0.5) is 0 Å². The summed E-state index contributed by atoms with van der Waals surface area (Å²) in [6.07, 6.45) is 1.13. The summed E-state index contributed by atoms with van der Waals surface area (Å²) in [5.41, 5.74) is 3.70. The van der Waals surface area contributed by atoms with E-state index in [1.165, 1.54) is 4.31 Å². The van der Waals surface area contributed by atoms with Crippen molar-refractivity contribution in [1.82, 2.24) is 9.62 Å². The zero-order chi connectivity index (χ0) is 27.3. The second kappa shape index (κ2) is 11.8. The molecule has 3 aromatic carbocycles. The van der Waals surface area contributed by atoms with Crippen LogP contribution in [-0.4, -0.2) is 55.9 Å². The van der Waals surface area contributed by atoms with E-state index >= 15 is 0 Å². The summed E-state index contributed by atoms with van der Waals surface area (Å²) in [4.78, 5) is 25.2. The molecule has 9 heteroatoms. The smallest absolute Gasteiger partial charge is 0.326 e. The molecule has 2 N–H and O–H groups in total. The summed E-state index contributed by atoms with van der Waals surface area (Å²) in [6.45, 7) is 2.22. The fraction of sp³-hybridized carbons (Fsp3) is 0.310. The van der Waals surface area contributed by atoms with Gasteiger partial charge in [-0.3, -0.25) is 4.79 Å². The minimum absolute atomic E-state index is 0.0188. The Labute approximate surface area is 223 Å². The topological polar surface area (TPSA) is 113 Å². The molecule has 0 spiro atoms. The molecule has 4 rings (SSSR count). The van der Waals surface area contributed by atoms with Crippen molar-refractivity contribution in [2.45, 2.75) is 37.1 Å². The summed E-state index contributed by atoms with van der Waals surface area (Å²) < 4.78 is 32.7. The Hall–Kier alpha value is -3.69. The zero-order valence-electron chi connectivity index (χ0n) is 21.5. The number of carbonyl (C=O) groups is 2. The molecular weight excluding hydrogens is 504 g/mol. The van der Waals surface area contributed by atoms with Gasteiger partial charge in [0.15, 0.2) is 0 Å². The number of sulfonamides is 1. The zero-order valence-corrected chi connectivity index (χ0v) is 22.3. The molecule has 3 aromatic rings. The van der Waals surface area contributed by atoms with Crippen LogP contribution in [0.3, 0.4) is 0 Å². The van der Waals surface area contributed by atoms with Crippen molar-refractivity contribution in [3.8, 4) is 16.9 Å². The van der Waals surface area contributed by atoms with Crippen molar-refractivity contribution in [3.63, 3.8) is 0 Å². The first-order valence-corrected chi connectivity index (χ1v) is 13.9. The number of benzene rings is 3. The van der Waals surface area contributed by atoms with Crippen LogP contribution < -0.4 is 10.1 Å². The first-order chi connectivity index (χ1) is 18.2. The van der Waals surface area contributed by atoms with E-state index in [1.807, 2.05) is 55.5 Å². The first-order valence-electron chi connectivity index (χ1n) is 12.5. The standard InChI is InChI=1S/C29H32N2O6S/c1-20-5-15-26(16-6-20)38(35,36)31-17-3-4-24(19-31)28(32)30-27(29(33)34)18-21-7-9-22(10-8-21)23-11-13-25(37-2)14-12-23/h5-16,24,27H,3-4,17-19H2,1-2H3,(H,30,32)(H,33,34)/t24?,27-/m0/s1. The van der Waals surface area contributed by atoms with Crippen molar-refractivity contribution in [3.05, 3.63) is 83.9 Å². The van der Waals surface area contributed by atoms with Gasteiger partial charge in [-0.2, -0.15) is 4.31 Å². The lowest BCUT2D eigenvalue weighted by molar-refractivity contribution is -0.142. The Morgan fingerprint density at radius 1 is 1.00 bits per heavy atom. The lowest BCUT2D eigenvalue weighted by Crippen LogP contribution is -2.50. The number of aryl methyl sites for hydroxylation is 1. The van der Waals surface area contributed by atoms with Crippen molar-refractivity contribution in [2.24, 2.45) is 5.92 Å². The fourth-order valence-electron chi connectivity index (χ4n) is 4.58. The number of piperidine rings is 1. The summed E-state index contributed by atoms with van der Waals surface area (Å²) in [5, 5.41) is 12.4. The van der Waals surface area contributed by atoms with Crippen molar-refractivity contribution in [2.75, 3.05) is 20.2 Å². The Balaban J connectivity index is 1.40. The molecule has 0 aromatic heterocycles. The molecule has 1 heterocycles. The van der Waals surface area contributed by atoms with Crippen LogP contribution in [0.2, 0.25) is 0 Å². The molecule has 1 saturated heterocycles. The molecule has 1 unspecified atom stereocenters. The van der Waals surface area contributed by atoms with Gasteiger partial charge in [-0.05, 0) is 60.7 Å². The predicted molar refractivity (Wildman–Crippen MR) is 144 cm³/mol. The Morgan fingerprint density at radius 2 is 1.61 bits per heavy atom. The predicted octanol–water partition coefficient (Wildman–Crippen LogP) is 3.88. The summed E-state index contributed by atoms with van der Waals surface area (Å²) >= 11 is 0. The molecule has 1 aliphatic rings. The third-order valence-electron chi connectivity index (χ3n) is 6.85. The number of carbonyl (C=O) groups excluding carboxylic acids is 1.